The second-order valence-corrected chi connectivity index (χ2v) is 11.2. The number of aliphatic hydroxyl groups excluding tert-OH is 4. The van der Waals surface area contributed by atoms with E-state index in [2.05, 4.69) is 13.8 Å². The molecule has 33 heavy (non-hydrogen) atoms. The number of hydrogen-bond acceptors (Lipinski definition) is 13. The standard InChI is InChI=1S/C15H27N3O13P2/c1-15(24,7-19)9(20)6-29-33(27,28)31-32(25,26)5-3-8-11(21)12(22)13(30-8)18-4-2-10(16)17-14(18)23/h2,4,8-9,11-13,19-22,24H,3,5-7H2,1H3,(H,25,26)(H,27,28)(H2,16,17,23)/t8-,9+,11-,12-,13-,15-/m0/s1. The normalized spacial score (nSPS) is 29.7. The third-order valence-corrected chi connectivity index (χ3v) is 7.97. The first-order chi connectivity index (χ1) is 15.1. The average Bonchev–Trinajstić information content (AvgIpc) is 2.98. The molecule has 1 fully saturated rings. The summed E-state index contributed by atoms with van der Waals surface area (Å²) < 4.78 is 39.0. The maximum atomic E-state index is 12.2. The third kappa shape index (κ3) is 7.36. The molecule has 1 aliphatic heterocycles. The van der Waals surface area contributed by atoms with Gasteiger partial charge in [-0.25, -0.2) is 13.7 Å². The lowest BCUT2D eigenvalue weighted by Crippen LogP contribution is -2.45. The number of anilines is 1. The quantitative estimate of drug-likeness (QED) is 0.138. The molecule has 1 saturated heterocycles. The van der Waals surface area contributed by atoms with Crippen molar-refractivity contribution < 1.29 is 58.0 Å². The lowest BCUT2D eigenvalue weighted by molar-refractivity contribution is -0.107. The molecular weight excluding hydrogens is 492 g/mol. The summed E-state index contributed by atoms with van der Waals surface area (Å²) in [4.78, 5) is 34.9. The van der Waals surface area contributed by atoms with E-state index in [0.29, 0.717) is 0 Å². The molecular formula is C15H27N3O13P2. The SMILES string of the molecule is C[C@](O)(CO)[C@H](O)COP(=O)(O)OP(=O)(O)CC[C@@H]1O[C@H](n2ccc(N)nc2=O)[C@@H](O)[C@H]1O. The molecule has 1 aliphatic rings. The van der Waals surface area contributed by atoms with Crippen LogP contribution in [-0.4, -0.2) is 94.3 Å². The van der Waals surface area contributed by atoms with Crippen molar-refractivity contribution in [1.29, 1.82) is 0 Å². The summed E-state index contributed by atoms with van der Waals surface area (Å²) in [7, 11) is -10.0. The number of aromatic nitrogens is 2. The number of nitrogen functional groups attached to an aromatic ring is 1. The molecule has 8 atom stereocenters. The first kappa shape index (κ1) is 28.0. The number of nitrogens with two attached hydrogens (primary N) is 1. The number of phosphoric ester groups is 1. The van der Waals surface area contributed by atoms with Crippen molar-refractivity contribution in [2.75, 3.05) is 25.1 Å². The Morgan fingerprint density at radius 1 is 1.33 bits per heavy atom. The second-order valence-electron chi connectivity index (χ2n) is 7.62. The van der Waals surface area contributed by atoms with Crippen molar-refractivity contribution in [3.05, 3.63) is 22.7 Å². The van der Waals surface area contributed by atoms with Gasteiger partial charge in [-0.3, -0.25) is 13.7 Å². The van der Waals surface area contributed by atoms with Gasteiger partial charge in [0.2, 0.25) is 0 Å². The molecule has 16 nitrogen and oxygen atoms in total. The summed E-state index contributed by atoms with van der Waals surface area (Å²) in [5.74, 6) is -0.0812. The van der Waals surface area contributed by atoms with Crippen LogP contribution in [0.4, 0.5) is 5.82 Å². The number of nitrogens with zero attached hydrogens (tertiary/aromatic N) is 2. The highest BCUT2D eigenvalue weighted by Gasteiger charge is 2.45. The Bertz CT molecular complexity index is 973. The maximum Gasteiger partial charge on any atom is 0.479 e. The monoisotopic (exact) mass is 519 g/mol. The number of rotatable bonds is 11. The molecule has 190 valence electrons. The summed E-state index contributed by atoms with van der Waals surface area (Å²) in [5, 5.41) is 48.5. The van der Waals surface area contributed by atoms with E-state index in [4.69, 9.17) is 15.6 Å². The van der Waals surface area contributed by atoms with E-state index in [0.717, 1.165) is 11.5 Å². The summed E-state index contributed by atoms with van der Waals surface area (Å²) in [6.07, 6.45) is -7.75. The highest BCUT2D eigenvalue weighted by atomic mass is 31.3. The van der Waals surface area contributed by atoms with Gasteiger partial charge in [0.15, 0.2) is 6.23 Å². The molecule has 1 aromatic heterocycles. The van der Waals surface area contributed by atoms with Gasteiger partial charge in [-0.1, -0.05) is 0 Å². The molecule has 1 aromatic rings. The molecule has 0 aromatic carbocycles. The van der Waals surface area contributed by atoms with Crippen LogP contribution in [0.3, 0.4) is 0 Å². The fraction of sp³-hybridized carbons (Fsp3) is 0.733. The smallest absolute Gasteiger partial charge is 0.393 e. The number of ether oxygens (including phenoxy) is 1. The first-order valence-electron chi connectivity index (χ1n) is 9.46. The van der Waals surface area contributed by atoms with Crippen LogP contribution in [0.15, 0.2) is 17.1 Å². The van der Waals surface area contributed by atoms with Crippen molar-refractivity contribution in [2.24, 2.45) is 0 Å². The first-order valence-corrected chi connectivity index (χ1v) is 12.7. The average molecular weight is 519 g/mol. The van der Waals surface area contributed by atoms with E-state index in [-0.39, 0.29) is 5.82 Å². The molecule has 0 aliphatic carbocycles. The number of aliphatic hydroxyl groups is 5. The van der Waals surface area contributed by atoms with Gasteiger partial charge in [-0.2, -0.15) is 4.98 Å². The van der Waals surface area contributed by atoms with Crippen LogP contribution in [0.1, 0.15) is 19.6 Å². The van der Waals surface area contributed by atoms with Gasteiger partial charge in [-0.05, 0) is 19.4 Å². The van der Waals surface area contributed by atoms with E-state index in [1.807, 2.05) is 0 Å². The van der Waals surface area contributed by atoms with Crippen LogP contribution >= 0.6 is 15.4 Å². The van der Waals surface area contributed by atoms with Crippen molar-refractivity contribution in [3.8, 4) is 0 Å². The fourth-order valence-corrected chi connectivity index (χ4v) is 5.50. The maximum absolute atomic E-state index is 12.2. The van der Waals surface area contributed by atoms with E-state index in [1.165, 1.54) is 12.3 Å². The van der Waals surface area contributed by atoms with E-state index < -0.39 is 83.1 Å². The van der Waals surface area contributed by atoms with Crippen molar-refractivity contribution >= 4 is 21.2 Å². The van der Waals surface area contributed by atoms with Crippen LogP contribution in [0.5, 0.6) is 0 Å². The Hall–Kier alpha value is -1.26. The predicted octanol–water partition coefficient (Wildman–Crippen LogP) is -2.74. The topological polar surface area (TPSA) is 264 Å². The third-order valence-electron chi connectivity index (χ3n) is 4.82. The van der Waals surface area contributed by atoms with Gasteiger partial charge in [0.25, 0.3) is 0 Å². The molecule has 0 spiro atoms. The fourth-order valence-electron chi connectivity index (χ4n) is 2.78. The minimum Gasteiger partial charge on any atom is -0.393 e. The molecule has 0 radical (unpaired) electrons. The Morgan fingerprint density at radius 2 is 1.97 bits per heavy atom. The molecule has 9 N–H and O–H groups in total. The predicted molar refractivity (Wildman–Crippen MR) is 109 cm³/mol. The van der Waals surface area contributed by atoms with Gasteiger partial charge in [0.1, 0.15) is 29.7 Å². The summed E-state index contributed by atoms with van der Waals surface area (Å²) in [5.41, 5.74) is 2.44. The molecule has 18 heteroatoms. The molecule has 0 bridgehead atoms. The zero-order valence-electron chi connectivity index (χ0n) is 17.3. The largest absolute Gasteiger partial charge is 0.479 e. The molecule has 2 rings (SSSR count). The van der Waals surface area contributed by atoms with Crippen LogP contribution < -0.4 is 11.4 Å². The lowest BCUT2D eigenvalue weighted by atomic mass is 10.0. The Morgan fingerprint density at radius 3 is 2.55 bits per heavy atom. The van der Waals surface area contributed by atoms with Gasteiger partial charge in [0.05, 0.1) is 25.5 Å². The van der Waals surface area contributed by atoms with Gasteiger partial charge >= 0.3 is 21.1 Å². The van der Waals surface area contributed by atoms with Crippen LogP contribution in [0.25, 0.3) is 0 Å². The molecule has 0 saturated carbocycles. The summed E-state index contributed by atoms with van der Waals surface area (Å²) in [6, 6.07) is 1.25. The zero-order chi connectivity index (χ0) is 25.2. The minimum atomic E-state index is -5.19. The Labute approximate surface area is 187 Å². The molecule has 2 heterocycles. The van der Waals surface area contributed by atoms with Crippen LogP contribution in [0, 0.1) is 0 Å². The van der Waals surface area contributed by atoms with Crippen molar-refractivity contribution in [1.82, 2.24) is 9.55 Å². The van der Waals surface area contributed by atoms with E-state index in [1.54, 1.807) is 0 Å². The van der Waals surface area contributed by atoms with Gasteiger partial charge in [-0.15, -0.1) is 0 Å². The van der Waals surface area contributed by atoms with Gasteiger partial charge in [0, 0.05) is 6.20 Å². The number of hydrogen-bond donors (Lipinski definition) is 8. The van der Waals surface area contributed by atoms with E-state index >= 15 is 0 Å². The van der Waals surface area contributed by atoms with E-state index in [9.17, 15) is 44.1 Å². The summed E-state index contributed by atoms with van der Waals surface area (Å²) >= 11 is 0. The highest BCUT2D eigenvalue weighted by Crippen LogP contribution is 2.60. The molecule has 2 unspecified atom stereocenters. The number of phosphoric acid groups is 1. The molecule has 0 amide bonds. The second kappa shape index (κ2) is 10.6. The van der Waals surface area contributed by atoms with Crippen molar-refractivity contribution in [2.45, 2.75) is 49.6 Å². The lowest BCUT2D eigenvalue weighted by Gasteiger charge is -2.27. The zero-order valence-corrected chi connectivity index (χ0v) is 19.1. The summed E-state index contributed by atoms with van der Waals surface area (Å²) in [6.45, 7) is -0.893. The van der Waals surface area contributed by atoms with Crippen LogP contribution in [0.2, 0.25) is 0 Å². The minimum absolute atomic E-state index is 0.0812. The van der Waals surface area contributed by atoms with Gasteiger partial charge < -0.3 is 45.8 Å². The Balaban J connectivity index is 1.96. The highest BCUT2D eigenvalue weighted by molar-refractivity contribution is 7.64. The Kier molecular flexibility index (Phi) is 8.95. The van der Waals surface area contributed by atoms with Crippen molar-refractivity contribution in [3.63, 3.8) is 0 Å². The van der Waals surface area contributed by atoms with Crippen LogP contribution in [-0.2, 0) is 22.7 Å².